The van der Waals surface area contributed by atoms with Crippen LogP contribution in [0.15, 0.2) is 24.3 Å². The maximum atomic E-state index is 13.4. The van der Waals surface area contributed by atoms with Crippen molar-refractivity contribution >= 4 is 0 Å². The smallest absolute Gasteiger partial charge is 0.123 e. The minimum atomic E-state index is -0.127. The predicted octanol–water partition coefficient (Wildman–Crippen LogP) is 3.61. The Morgan fingerprint density at radius 3 is 2.72 bits per heavy atom. The molecular weight excluding hydrogens is 365 g/mol. The summed E-state index contributed by atoms with van der Waals surface area (Å²) in [5.74, 6) is 0.563. The number of benzene rings is 1. The van der Waals surface area contributed by atoms with Gasteiger partial charge in [0.15, 0.2) is 0 Å². The molecule has 0 N–H and O–H groups in total. The molecule has 3 aliphatic heterocycles. The molecule has 0 bridgehead atoms. The van der Waals surface area contributed by atoms with Crippen molar-refractivity contribution in [1.29, 1.82) is 0 Å². The number of rotatable bonds is 8. The van der Waals surface area contributed by atoms with Gasteiger partial charge in [-0.25, -0.2) is 4.39 Å². The Morgan fingerprint density at radius 1 is 0.966 bits per heavy atom. The highest BCUT2D eigenvalue weighted by atomic mass is 19.1. The van der Waals surface area contributed by atoms with Gasteiger partial charge in [-0.3, -0.25) is 9.80 Å². The number of likely N-dealkylation sites (tertiary alicyclic amines) is 1. The first kappa shape index (κ1) is 21.2. The molecule has 0 aliphatic carbocycles. The second-order valence-electron chi connectivity index (χ2n) is 9.29. The lowest BCUT2D eigenvalue weighted by molar-refractivity contribution is -0.00317. The fraction of sp³-hybridized carbons (Fsp3) is 0.750. The quantitative estimate of drug-likeness (QED) is 0.617. The number of fused-ring (bicyclic) bond motifs is 1. The summed E-state index contributed by atoms with van der Waals surface area (Å²) < 4.78 is 19.5. The molecule has 4 nitrogen and oxygen atoms in total. The second-order valence-corrected chi connectivity index (χ2v) is 9.29. The van der Waals surface area contributed by atoms with Crippen LogP contribution in [0.3, 0.4) is 0 Å². The lowest BCUT2D eigenvalue weighted by atomic mass is 9.91. The molecular formula is C24H38FN3O. The van der Waals surface area contributed by atoms with Crippen LogP contribution in [0.2, 0.25) is 0 Å². The summed E-state index contributed by atoms with van der Waals surface area (Å²) in [5.41, 5.74) is 1.09. The fourth-order valence-corrected chi connectivity index (χ4v) is 5.32. The Balaban J connectivity index is 1.11. The monoisotopic (exact) mass is 403 g/mol. The summed E-state index contributed by atoms with van der Waals surface area (Å²) in [6, 6.07) is 7.71. The normalized spacial score (nSPS) is 27.1. The number of nitrogens with zero attached hydrogens (tertiary/aromatic N) is 3. The van der Waals surface area contributed by atoms with Crippen LogP contribution in [0.1, 0.15) is 44.1 Å². The highest BCUT2D eigenvalue weighted by molar-refractivity contribution is 5.16. The molecule has 1 aromatic carbocycles. The average Bonchev–Trinajstić information content (AvgIpc) is 2.74. The molecule has 3 saturated heterocycles. The summed E-state index contributed by atoms with van der Waals surface area (Å²) in [6.45, 7) is 11.0. The molecule has 29 heavy (non-hydrogen) atoms. The standard InChI is InChI=1S/C24H38FN3O/c25-23-7-4-6-21(16-23)17-27-13-14-28-18-22(8-9-24(28)19-27)20-29-15-5-12-26-10-2-1-3-11-26/h4,6-7,16,22,24H,1-3,5,8-15,17-20H2/t22-,24-/m1/s1. The van der Waals surface area contributed by atoms with Gasteiger partial charge in [-0.05, 0) is 68.8 Å². The van der Waals surface area contributed by atoms with Crippen molar-refractivity contribution in [3.05, 3.63) is 35.6 Å². The molecule has 0 aromatic heterocycles. The molecule has 0 unspecified atom stereocenters. The molecule has 3 fully saturated rings. The first-order valence-corrected chi connectivity index (χ1v) is 11.8. The van der Waals surface area contributed by atoms with Gasteiger partial charge in [-0.15, -0.1) is 0 Å². The molecule has 0 spiro atoms. The van der Waals surface area contributed by atoms with Crippen molar-refractivity contribution in [2.24, 2.45) is 5.92 Å². The third-order valence-electron chi connectivity index (χ3n) is 6.95. The SMILES string of the molecule is Fc1cccc(CN2CCN3C[C@H](COCCCN4CCCCC4)CC[C@@H]3C2)c1. The number of hydrogen-bond acceptors (Lipinski definition) is 4. The van der Waals surface area contributed by atoms with Gasteiger partial charge in [0.2, 0.25) is 0 Å². The predicted molar refractivity (Wildman–Crippen MR) is 115 cm³/mol. The van der Waals surface area contributed by atoms with E-state index in [4.69, 9.17) is 4.74 Å². The van der Waals surface area contributed by atoms with E-state index in [0.29, 0.717) is 12.0 Å². The van der Waals surface area contributed by atoms with Crippen LogP contribution in [0.5, 0.6) is 0 Å². The Kier molecular flexibility index (Phi) is 7.94. The molecule has 3 heterocycles. The van der Waals surface area contributed by atoms with E-state index in [2.05, 4.69) is 14.7 Å². The topological polar surface area (TPSA) is 19.0 Å². The van der Waals surface area contributed by atoms with Gasteiger partial charge < -0.3 is 9.64 Å². The Morgan fingerprint density at radius 2 is 1.86 bits per heavy atom. The molecule has 4 rings (SSSR count). The van der Waals surface area contributed by atoms with Crippen LogP contribution >= 0.6 is 0 Å². The molecule has 0 saturated carbocycles. The van der Waals surface area contributed by atoms with Gasteiger partial charge in [0.25, 0.3) is 0 Å². The maximum Gasteiger partial charge on any atom is 0.123 e. The van der Waals surface area contributed by atoms with Crippen LogP contribution in [0, 0.1) is 11.7 Å². The van der Waals surface area contributed by atoms with Gasteiger partial charge >= 0.3 is 0 Å². The first-order valence-electron chi connectivity index (χ1n) is 11.8. The summed E-state index contributed by atoms with van der Waals surface area (Å²) in [4.78, 5) is 7.77. The van der Waals surface area contributed by atoms with Crippen molar-refractivity contribution in [3.63, 3.8) is 0 Å². The number of piperidine rings is 2. The van der Waals surface area contributed by atoms with Crippen LogP contribution < -0.4 is 0 Å². The zero-order valence-electron chi connectivity index (χ0n) is 17.9. The highest BCUT2D eigenvalue weighted by Gasteiger charge is 2.32. The zero-order valence-corrected chi connectivity index (χ0v) is 17.9. The minimum absolute atomic E-state index is 0.127. The van der Waals surface area contributed by atoms with Crippen LogP contribution in [-0.2, 0) is 11.3 Å². The molecule has 2 atom stereocenters. The highest BCUT2D eigenvalue weighted by Crippen LogP contribution is 2.26. The van der Waals surface area contributed by atoms with E-state index in [-0.39, 0.29) is 5.82 Å². The number of halogens is 1. The van der Waals surface area contributed by atoms with Gasteiger partial charge in [-0.2, -0.15) is 0 Å². The van der Waals surface area contributed by atoms with E-state index >= 15 is 0 Å². The van der Waals surface area contributed by atoms with Gasteiger partial charge in [0, 0.05) is 51.9 Å². The van der Waals surface area contributed by atoms with Crippen molar-refractivity contribution in [2.75, 3.05) is 59.0 Å². The number of ether oxygens (including phenoxy) is 1. The molecule has 0 radical (unpaired) electrons. The maximum absolute atomic E-state index is 13.4. The van der Waals surface area contributed by atoms with Crippen LogP contribution in [0.4, 0.5) is 4.39 Å². The summed E-state index contributed by atoms with van der Waals surface area (Å²) in [7, 11) is 0. The first-order chi connectivity index (χ1) is 14.3. The van der Waals surface area contributed by atoms with E-state index in [1.807, 2.05) is 12.1 Å². The largest absolute Gasteiger partial charge is 0.381 e. The summed E-state index contributed by atoms with van der Waals surface area (Å²) in [6.07, 6.45) is 7.88. The molecule has 162 valence electrons. The summed E-state index contributed by atoms with van der Waals surface area (Å²) >= 11 is 0. The zero-order chi connectivity index (χ0) is 19.9. The Bertz CT molecular complexity index is 622. The van der Waals surface area contributed by atoms with Gasteiger partial charge in [0.05, 0.1) is 6.61 Å². The lowest BCUT2D eigenvalue weighted by Gasteiger charge is -2.46. The number of piperazine rings is 1. The average molecular weight is 404 g/mol. The third-order valence-corrected chi connectivity index (χ3v) is 6.95. The van der Waals surface area contributed by atoms with Crippen molar-refractivity contribution in [2.45, 2.75) is 51.1 Å². The van der Waals surface area contributed by atoms with Crippen molar-refractivity contribution in [3.8, 4) is 0 Å². The van der Waals surface area contributed by atoms with Gasteiger partial charge in [-0.1, -0.05) is 18.6 Å². The fourth-order valence-electron chi connectivity index (χ4n) is 5.32. The van der Waals surface area contributed by atoms with E-state index in [0.717, 1.165) is 45.0 Å². The van der Waals surface area contributed by atoms with Crippen LogP contribution in [0.25, 0.3) is 0 Å². The van der Waals surface area contributed by atoms with Crippen LogP contribution in [-0.4, -0.2) is 79.8 Å². The van der Waals surface area contributed by atoms with E-state index < -0.39 is 0 Å². The molecule has 3 aliphatic rings. The van der Waals surface area contributed by atoms with Gasteiger partial charge in [0.1, 0.15) is 5.82 Å². The van der Waals surface area contributed by atoms with E-state index in [1.54, 1.807) is 6.07 Å². The minimum Gasteiger partial charge on any atom is -0.381 e. The second kappa shape index (κ2) is 10.9. The Hall–Kier alpha value is -1.01. The van der Waals surface area contributed by atoms with E-state index in [9.17, 15) is 4.39 Å². The van der Waals surface area contributed by atoms with Crippen molar-refractivity contribution < 1.29 is 9.13 Å². The Labute approximate surface area is 176 Å². The molecule has 0 amide bonds. The van der Waals surface area contributed by atoms with E-state index in [1.165, 1.54) is 70.8 Å². The number of hydrogen-bond donors (Lipinski definition) is 0. The van der Waals surface area contributed by atoms with Crippen molar-refractivity contribution in [1.82, 2.24) is 14.7 Å². The summed E-state index contributed by atoms with van der Waals surface area (Å²) in [5, 5.41) is 0. The molecule has 5 heteroatoms. The third kappa shape index (κ3) is 6.48. The lowest BCUT2D eigenvalue weighted by Crippen LogP contribution is -2.56. The molecule has 1 aromatic rings.